The monoisotopic (exact) mass is 828 g/mol. The van der Waals surface area contributed by atoms with Gasteiger partial charge >= 0.3 is 5.97 Å². The molecule has 0 fully saturated rings. The summed E-state index contributed by atoms with van der Waals surface area (Å²) in [7, 11) is 1.62. The molecule has 0 bridgehead atoms. The number of nitrogens with two attached hydrogens (primary N) is 3. The van der Waals surface area contributed by atoms with Crippen molar-refractivity contribution in [1.82, 2.24) is 10.6 Å². The molecule has 320 valence electrons. The van der Waals surface area contributed by atoms with Crippen LogP contribution in [-0.2, 0) is 30.5 Å². The summed E-state index contributed by atoms with van der Waals surface area (Å²) >= 11 is 0. The van der Waals surface area contributed by atoms with Gasteiger partial charge in [-0.15, -0.1) is 6.58 Å². The van der Waals surface area contributed by atoms with Gasteiger partial charge in [0.25, 0.3) is 5.91 Å². The van der Waals surface area contributed by atoms with Crippen molar-refractivity contribution >= 4 is 51.1 Å². The van der Waals surface area contributed by atoms with E-state index in [1.165, 1.54) is 6.08 Å². The fourth-order valence-electron chi connectivity index (χ4n) is 7.25. The molecule has 0 unspecified atom stereocenters. The molecule has 5 aromatic carbocycles. The smallest absolute Gasteiger partial charge is 0.329 e. The number of aliphatic imine (C=N–C) groups is 1. The number of ketones is 1. The molecular formula is C48H56N6O7. The van der Waals surface area contributed by atoms with Crippen molar-refractivity contribution in [1.29, 1.82) is 0 Å². The number of rotatable bonds is 24. The number of fused-ring (bicyclic) bond motifs is 2. The van der Waals surface area contributed by atoms with Crippen LogP contribution in [0.1, 0.15) is 50.5 Å². The average molecular weight is 829 g/mol. The molecule has 8 N–H and O–H groups in total. The van der Waals surface area contributed by atoms with E-state index in [1.54, 1.807) is 7.11 Å². The van der Waals surface area contributed by atoms with Crippen LogP contribution in [-0.4, -0.2) is 68.4 Å². The Kier molecular flexibility index (Phi) is 17.2. The van der Waals surface area contributed by atoms with Crippen molar-refractivity contribution in [2.24, 2.45) is 28.1 Å². The van der Waals surface area contributed by atoms with Crippen molar-refractivity contribution < 1.29 is 33.4 Å². The summed E-state index contributed by atoms with van der Waals surface area (Å²) in [5, 5.41) is 9.51. The van der Waals surface area contributed by atoms with Crippen molar-refractivity contribution in [2.45, 2.75) is 63.6 Å². The number of hydrogen-bond donors (Lipinski definition) is 5. The first-order chi connectivity index (χ1) is 29.6. The summed E-state index contributed by atoms with van der Waals surface area (Å²) in [4.78, 5) is 58.9. The Balaban J connectivity index is 1.34. The maximum Gasteiger partial charge on any atom is 0.329 e. The molecule has 0 saturated carbocycles. The second-order valence-corrected chi connectivity index (χ2v) is 14.7. The molecule has 13 heteroatoms. The Hall–Kier alpha value is -6.73. The predicted octanol–water partition coefficient (Wildman–Crippen LogP) is 6.09. The lowest BCUT2D eigenvalue weighted by molar-refractivity contribution is -0.149. The number of nitrogens with zero attached hydrogens (tertiary/aromatic N) is 1. The summed E-state index contributed by atoms with van der Waals surface area (Å²) in [6.45, 7) is 4.00. The average Bonchev–Trinajstić information content (AvgIpc) is 3.27. The number of carbonyl (C=O) groups excluding carboxylic acids is 4. The third kappa shape index (κ3) is 12.9. The van der Waals surface area contributed by atoms with Gasteiger partial charge in [-0.05, 0) is 84.3 Å². The van der Waals surface area contributed by atoms with Crippen LogP contribution in [0.2, 0.25) is 0 Å². The number of hydrogen-bond acceptors (Lipinski definition) is 9. The Bertz CT molecular complexity index is 2310. The molecule has 0 saturated heterocycles. The van der Waals surface area contributed by atoms with Crippen LogP contribution >= 0.6 is 0 Å². The second-order valence-electron chi connectivity index (χ2n) is 14.7. The first kappa shape index (κ1) is 45.4. The van der Waals surface area contributed by atoms with Gasteiger partial charge < -0.3 is 42.0 Å². The third-order valence-electron chi connectivity index (χ3n) is 10.3. The van der Waals surface area contributed by atoms with Gasteiger partial charge in [0.05, 0.1) is 13.2 Å². The van der Waals surface area contributed by atoms with Crippen LogP contribution in [0, 0.1) is 5.92 Å². The number of esters is 1. The van der Waals surface area contributed by atoms with Gasteiger partial charge in [-0.25, -0.2) is 4.79 Å². The van der Waals surface area contributed by atoms with Crippen LogP contribution < -0.4 is 37.3 Å². The SMILES string of the molecule is C=CC[C@H](NC(=O)[C@@H](CCCN=C(N)N)CC(=O)[C@@H](CCCCN)NC(=O)COc1ccc2ccccc2c1-c1c(OC)ccc2ccccc12)C(=O)OCc1ccccc1. The Morgan fingerprint density at radius 3 is 2.03 bits per heavy atom. The molecule has 0 aliphatic rings. The summed E-state index contributed by atoms with van der Waals surface area (Å²) in [5.74, 6) is -1.90. The van der Waals surface area contributed by atoms with E-state index >= 15 is 0 Å². The zero-order chi connectivity index (χ0) is 43.6. The Labute approximate surface area is 356 Å². The van der Waals surface area contributed by atoms with Crippen molar-refractivity contribution in [3.63, 3.8) is 0 Å². The maximum atomic E-state index is 14.1. The van der Waals surface area contributed by atoms with E-state index in [2.05, 4.69) is 22.2 Å². The molecule has 0 aliphatic heterocycles. The van der Waals surface area contributed by atoms with Gasteiger partial charge in [-0.2, -0.15) is 0 Å². The Morgan fingerprint density at radius 1 is 0.754 bits per heavy atom. The molecule has 61 heavy (non-hydrogen) atoms. The van der Waals surface area contributed by atoms with Gasteiger partial charge in [0.1, 0.15) is 24.1 Å². The number of ether oxygens (including phenoxy) is 3. The first-order valence-electron chi connectivity index (χ1n) is 20.5. The highest BCUT2D eigenvalue weighted by Crippen LogP contribution is 2.45. The minimum absolute atomic E-state index is 0.0248. The third-order valence-corrected chi connectivity index (χ3v) is 10.3. The minimum atomic E-state index is -1.03. The minimum Gasteiger partial charge on any atom is -0.496 e. The molecule has 5 aromatic rings. The zero-order valence-corrected chi connectivity index (χ0v) is 34.6. The number of carbonyl (C=O) groups is 4. The normalized spacial score (nSPS) is 12.4. The highest BCUT2D eigenvalue weighted by Gasteiger charge is 2.31. The van der Waals surface area contributed by atoms with Gasteiger partial charge in [0.2, 0.25) is 5.91 Å². The van der Waals surface area contributed by atoms with Crippen LogP contribution in [0.3, 0.4) is 0 Å². The van der Waals surface area contributed by atoms with Gasteiger partial charge in [0, 0.05) is 30.0 Å². The molecule has 5 rings (SSSR count). The molecule has 3 atom stereocenters. The van der Waals surface area contributed by atoms with Crippen LogP contribution in [0.15, 0.2) is 121 Å². The highest BCUT2D eigenvalue weighted by atomic mass is 16.5. The van der Waals surface area contributed by atoms with Crippen LogP contribution in [0.5, 0.6) is 11.5 Å². The molecule has 2 amide bonds. The van der Waals surface area contributed by atoms with E-state index in [4.69, 9.17) is 31.4 Å². The van der Waals surface area contributed by atoms with E-state index in [0.717, 1.165) is 38.2 Å². The van der Waals surface area contributed by atoms with Crippen molar-refractivity contribution in [3.8, 4) is 22.6 Å². The number of nitrogens with one attached hydrogen (secondary N) is 2. The lowest BCUT2D eigenvalue weighted by Crippen LogP contribution is -2.47. The lowest BCUT2D eigenvalue weighted by Gasteiger charge is -2.24. The van der Waals surface area contributed by atoms with Crippen LogP contribution in [0.4, 0.5) is 0 Å². The van der Waals surface area contributed by atoms with E-state index in [9.17, 15) is 19.2 Å². The quantitative estimate of drug-likeness (QED) is 0.0159. The first-order valence-corrected chi connectivity index (χ1v) is 20.5. The molecule has 0 spiro atoms. The van der Waals surface area contributed by atoms with E-state index in [0.29, 0.717) is 43.7 Å². The number of amides is 2. The second kappa shape index (κ2) is 23.2. The summed E-state index contributed by atoms with van der Waals surface area (Å²) in [6, 6.07) is 30.8. The van der Waals surface area contributed by atoms with E-state index in [-0.39, 0.29) is 44.2 Å². The molecule has 13 nitrogen and oxygen atoms in total. The molecule has 0 heterocycles. The summed E-state index contributed by atoms with van der Waals surface area (Å²) in [6.07, 6.45) is 3.47. The molecule has 0 aromatic heterocycles. The van der Waals surface area contributed by atoms with Gasteiger partial charge in [-0.1, -0.05) is 97.1 Å². The van der Waals surface area contributed by atoms with Gasteiger partial charge in [-0.3, -0.25) is 19.4 Å². The topological polar surface area (TPSA) is 210 Å². The number of unbranched alkanes of at least 4 members (excludes halogenated alkanes) is 1. The zero-order valence-electron chi connectivity index (χ0n) is 34.6. The van der Waals surface area contributed by atoms with E-state index < -0.39 is 42.4 Å². The van der Waals surface area contributed by atoms with Crippen molar-refractivity contribution in [3.05, 3.63) is 121 Å². The van der Waals surface area contributed by atoms with Gasteiger partial charge in [0.15, 0.2) is 18.3 Å². The molecule has 0 radical (unpaired) electrons. The number of Topliss-reactive ketones (excluding diaryl/α,β-unsaturated/α-hetero) is 1. The fourth-order valence-corrected chi connectivity index (χ4v) is 7.25. The number of methoxy groups -OCH3 is 1. The number of guanidine groups is 1. The standard InChI is InChI=1S/C48H56N6O7/c1-3-14-39(47(58)61-30-32-15-5-4-6-16-32)54-46(57)35(19-13-28-52-48(50)51)29-40(55)38(22-11-12-27-49)53-43(56)31-60-42-26-24-34-18-8-10-21-37(34)45(42)44-36-20-9-7-17-33(36)23-25-41(44)59-2/h3-10,15-18,20-21,23-26,35,38-39H,1,11-14,19,22,27-31,49H2,2H3,(H,53,56)(H,54,57)(H4,50,51,52)/t35-,38+,39-/m0/s1. The molecular weight excluding hydrogens is 773 g/mol. The summed E-state index contributed by atoms with van der Waals surface area (Å²) in [5.41, 5.74) is 19.2. The number of benzene rings is 5. The van der Waals surface area contributed by atoms with Crippen molar-refractivity contribution in [2.75, 3.05) is 26.8 Å². The maximum absolute atomic E-state index is 14.1. The lowest BCUT2D eigenvalue weighted by atomic mass is 9.91. The predicted molar refractivity (Wildman–Crippen MR) is 240 cm³/mol. The largest absolute Gasteiger partial charge is 0.496 e. The highest BCUT2D eigenvalue weighted by molar-refractivity contribution is 6.10. The summed E-state index contributed by atoms with van der Waals surface area (Å²) < 4.78 is 17.7. The molecule has 0 aliphatic carbocycles. The van der Waals surface area contributed by atoms with E-state index in [1.807, 2.05) is 103 Å². The fraction of sp³-hybridized carbons (Fsp3) is 0.312. The Morgan fingerprint density at radius 2 is 1.39 bits per heavy atom. The van der Waals surface area contributed by atoms with Crippen LogP contribution in [0.25, 0.3) is 32.7 Å².